The Balaban J connectivity index is 1.69. The Morgan fingerprint density at radius 2 is 1.94 bits per heavy atom. The van der Waals surface area contributed by atoms with Crippen molar-refractivity contribution >= 4 is 35.3 Å². The number of carboxylic acids is 2. The van der Waals surface area contributed by atoms with Crippen molar-refractivity contribution in [1.82, 2.24) is 5.32 Å². The Labute approximate surface area is 192 Å². The predicted molar refractivity (Wildman–Crippen MR) is 125 cm³/mol. The van der Waals surface area contributed by atoms with Crippen LogP contribution in [0.4, 0.5) is 5.69 Å². The van der Waals surface area contributed by atoms with Crippen LogP contribution in [-0.4, -0.2) is 64.7 Å². The van der Waals surface area contributed by atoms with Crippen LogP contribution < -0.4 is 16.0 Å². The molecule has 3 rings (SSSR count). The first-order chi connectivity index (χ1) is 15.3. The van der Waals surface area contributed by atoms with Gasteiger partial charge in [-0.15, -0.1) is 0 Å². The number of rotatable bonds is 10. The molecule has 32 heavy (non-hydrogen) atoms. The lowest BCUT2D eigenvalue weighted by molar-refractivity contribution is -0.148. The van der Waals surface area contributed by atoms with Crippen molar-refractivity contribution in [3.63, 3.8) is 0 Å². The lowest BCUT2D eigenvalue weighted by Crippen LogP contribution is -2.62. The summed E-state index contributed by atoms with van der Waals surface area (Å²) >= 11 is 1.70. The second-order valence-electron chi connectivity index (χ2n) is 8.73. The molecular weight excluding hydrogens is 430 g/mol. The maximum atomic E-state index is 13.5. The first kappa shape index (κ1) is 24.5. The summed E-state index contributed by atoms with van der Waals surface area (Å²) in [6.07, 6.45) is 4.32. The maximum Gasteiger partial charge on any atom is 0.323 e. The van der Waals surface area contributed by atoms with Crippen LogP contribution in [0.25, 0.3) is 0 Å². The molecule has 2 aliphatic rings. The number of nitrogens with one attached hydrogen (secondary N) is 1. The van der Waals surface area contributed by atoms with E-state index in [0.29, 0.717) is 23.8 Å². The van der Waals surface area contributed by atoms with E-state index in [1.54, 1.807) is 23.9 Å². The fraction of sp³-hybridized carbons (Fsp3) is 0.609. The summed E-state index contributed by atoms with van der Waals surface area (Å²) < 4.78 is 0. The maximum absolute atomic E-state index is 13.5. The molecule has 176 valence electrons. The molecule has 0 saturated carbocycles. The van der Waals surface area contributed by atoms with E-state index in [9.17, 15) is 24.6 Å². The molecule has 8 nitrogen and oxygen atoms in total. The first-order valence-electron chi connectivity index (χ1n) is 11.2. The number of hydrogen-bond donors (Lipinski definition) is 4. The highest BCUT2D eigenvalue weighted by Gasteiger charge is 2.49. The third-order valence-electron chi connectivity index (χ3n) is 6.63. The summed E-state index contributed by atoms with van der Waals surface area (Å²) in [4.78, 5) is 38.3. The second kappa shape index (κ2) is 11.2. The summed E-state index contributed by atoms with van der Waals surface area (Å²) in [6, 6.07) is 7.07. The molecule has 1 unspecified atom stereocenters. The van der Waals surface area contributed by atoms with Gasteiger partial charge in [-0.2, -0.15) is 11.8 Å². The van der Waals surface area contributed by atoms with Gasteiger partial charge in [-0.1, -0.05) is 18.2 Å². The number of fused-ring (bicyclic) bond motifs is 1. The zero-order chi connectivity index (χ0) is 23.1. The van der Waals surface area contributed by atoms with E-state index in [1.165, 1.54) is 12.8 Å². The topological polar surface area (TPSA) is 133 Å². The van der Waals surface area contributed by atoms with E-state index in [1.807, 2.05) is 12.1 Å². The second-order valence-corrected chi connectivity index (χ2v) is 9.95. The Kier molecular flexibility index (Phi) is 8.56. The Hall–Kier alpha value is -2.10. The highest BCUT2D eigenvalue weighted by Crippen LogP contribution is 2.35. The summed E-state index contributed by atoms with van der Waals surface area (Å²) in [7, 11) is 0. The van der Waals surface area contributed by atoms with Crippen molar-refractivity contribution in [3.05, 3.63) is 29.8 Å². The van der Waals surface area contributed by atoms with Crippen LogP contribution in [0.2, 0.25) is 0 Å². The fourth-order valence-corrected chi connectivity index (χ4v) is 5.84. The van der Waals surface area contributed by atoms with Crippen molar-refractivity contribution in [2.24, 2.45) is 17.6 Å². The number of amides is 1. The number of nitrogens with two attached hydrogens (primary N) is 1. The van der Waals surface area contributed by atoms with Crippen molar-refractivity contribution < 1.29 is 24.6 Å². The number of aliphatic carboxylic acids is 2. The highest BCUT2D eigenvalue weighted by atomic mass is 32.2. The largest absolute Gasteiger partial charge is 0.481 e. The third-order valence-corrected chi connectivity index (χ3v) is 7.68. The van der Waals surface area contributed by atoms with Gasteiger partial charge in [-0.05, 0) is 80.7 Å². The minimum absolute atomic E-state index is 0.162. The molecule has 1 aromatic rings. The molecule has 2 heterocycles. The molecule has 0 aliphatic carbocycles. The number of piperidine rings is 1. The number of nitrogens with zero attached hydrogens (tertiary/aromatic N) is 1. The molecule has 5 N–H and O–H groups in total. The van der Waals surface area contributed by atoms with Crippen molar-refractivity contribution in [2.75, 3.05) is 36.0 Å². The molecule has 2 atom stereocenters. The van der Waals surface area contributed by atoms with Crippen LogP contribution in [0.15, 0.2) is 24.3 Å². The molecule has 0 radical (unpaired) electrons. The third kappa shape index (κ3) is 5.82. The van der Waals surface area contributed by atoms with Crippen molar-refractivity contribution in [3.8, 4) is 0 Å². The van der Waals surface area contributed by atoms with E-state index in [0.717, 1.165) is 35.7 Å². The number of aryl methyl sites for hydroxylation is 1. The summed E-state index contributed by atoms with van der Waals surface area (Å²) in [6.45, 7) is 1.57. The number of benzene rings is 1. The van der Waals surface area contributed by atoms with E-state index in [4.69, 9.17) is 5.73 Å². The molecule has 0 aromatic heterocycles. The van der Waals surface area contributed by atoms with Gasteiger partial charge in [0.25, 0.3) is 0 Å². The molecule has 1 saturated heterocycles. The van der Waals surface area contributed by atoms with Crippen molar-refractivity contribution in [1.29, 1.82) is 0 Å². The van der Waals surface area contributed by atoms with E-state index < -0.39 is 35.8 Å². The quantitative estimate of drug-likeness (QED) is 0.387. The number of carbonyl (C=O) groups excluding carboxylic acids is 1. The minimum atomic E-state index is -1.66. The van der Waals surface area contributed by atoms with Crippen LogP contribution >= 0.6 is 11.8 Å². The summed E-state index contributed by atoms with van der Waals surface area (Å²) in [5.74, 6) is -1.71. The molecule has 9 heteroatoms. The smallest absolute Gasteiger partial charge is 0.323 e. The Morgan fingerprint density at radius 3 is 2.62 bits per heavy atom. The van der Waals surface area contributed by atoms with Crippen LogP contribution in [0, 0.1) is 11.8 Å². The van der Waals surface area contributed by atoms with Gasteiger partial charge in [0.2, 0.25) is 5.91 Å². The standard InChI is InChI=1S/C23H33N3O5S/c24-23(18(21(29)30)9-14-32-13-8-16-6-11-25-12-7-16)10-5-17-3-1-2-4-19(17)26(22(23)31)15-20(27)28/h1-4,16,18,25H,5-15,24H2,(H,27,28)(H,29,30)/t18-,23?/m1/s1. The number of carboxylic acid groups (broad SMARTS) is 2. The highest BCUT2D eigenvalue weighted by molar-refractivity contribution is 7.99. The number of anilines is 1. The molecule has 1 aromatic carbocycles. The average molecular weight is 464 g/mol. The lowest BCUT2D eigenvalue weighted by Gasteiger charge is -2.35. The van der Waals surface area contributed by atoms with E-state index in [-0.39, 0.29) is 12.8 Å². The number of para-hydroxylation sites is 1. The Morgan fingerprint density at radius 1 is 1.22 bits per heavy atom. The number of thioether (sulfide) groups is 1. The molecule has 1 amide bonds. The van der Waals surface area contributed by atoms with Gasteiger partial charge in [0.05, 0.1) is 5.92 Å². The van der Waals surface area contributed by atoms with Gasteiger partial charge in [-0.3, -0.25) is 19.3 Å². The van der Waals surface area contributed by atoms with Gasteiger partial charge in [-0.25, -0.2) is 0 Å². The molecule has 0 bridgehead atoms. The number of carbonyl (C=O) groups is 3. The lowest BCUT2D eigenvalue weighted by atomic mass is 9.78. The van der Waals surface area contributed by atoms with E-state index >= 15 is 0 Å². The van der Waals surface area contributed by atoms with Gasteiger partial charge in [0, 0.05) is 5.69 Å². The number of hydrogen-bond acceptors (Lipinski definition) is 6. The summed E-state index contributed by atoms with van der Waals surface area (Å²) in [5, 5.41) is 22.7. The minimum Gasteiger partial charge on any atom is -0.481 e. The van der Waals surface area contributed by atoms with Gasteiger partial charge in [0.1, 0.15) is 12.1 Å². The SMILES string of the molecule is NC1([C@H](CCSCCC2CCNCC2)C(=O)O)CCc2ccccc2N(CC(=O)O)C1=O. The average Bonchev–Trinajstić information content (AvgIpc) is 2.87. The molecule has 0 spiro atoms. The van der Waals surface area contributed by atoms with Crippen LogP contribution in [0.3, 0.4) is 0 Å². The van der Waals surface area contributed by atoms with Crippen LogP contribution in [-0.2, 0) is 20.8 Å². The van der Waals surface area contributed by atoms with Crippen molar-refractivity contribution in [2.45, 2.75) is 44.1 Å². The fourth-order valence-electron chi connectivity index (χ4n) is 4.74. The predicted octanol–water partition coefficient (Wildman–Crippen LogP) is 1.96. The van der Waals surface area contributed by atoms with E-state index in [2.05, 4.69) is 5.32 Å². The van der Waals surface area contributed by atoms with Gasteiger partial charge < -0.3 is 21.3 Å². The Bertz CT molecular complexity index is 830. The zero-order valence-corrected chi connectivity index (χ0v) is 19.1. The monoisotopic (exact) mass is 463 g/mol. The van der Waals surface area contributed by atoms with Gasteiger partial charge in [0.15, 0.2) is 0 Å². The molecule has 2 aliphatic heterocycles. The zero-order valence-electron chi connectivity index (χ0n) is 18.3. The first-order valence-corrected chi connectivity index (χ1v) is 12.4. The van der Waals surface area contributed by atoms with Crippen LogP contribution in [0.5, 0.6) is 0 Å². The normalized spacial score (nSPS) is 22.8. The summed E-state index contributed by atoms with van der Waals surface area (Å²) in [5.41, 5.74) is 6.18. The van der Waals surface area contributed by atoms with Crippen LogP contribution in [0.1, 0.15) is 37.7 Å². The molecule has 1 fully saturated rings. The molecular formula is C23H33N3O5S. The van der Waals surface area contributed by atoms with Gasteiger partial charge >= 0.3 is 11.9 Å².